The number of thiazole rings is 1. The lowest BCUT2D eigenvalue weighted by Gasteiger charge is -2.31. The maximum absolute atomic E-state index is 13.1. The lowest BCUT2D eigenvalue weighted by Crippen LogP contribution is -2.39. The van der Waals surface area contributed by atoms with Gasteiger partial charge in [-0.2, -0.15) is 5.26 Å². The normalized spacial score (nSPS) is 15.1. The molecule has 1 fully saturated rings. The summed E-state index contributed by atoms with van der Waals surface area (Å²) in [7, 11) is -3.52. The van der Waals surface area contributed by atoms with Crippen molar-refractivity contribution in [2.24, 2.45) is 0 Å². The molecular weight excluding hydrogens is 414 g/mol. The van der Waals surface area contributed by atoms with Gasteiger partial charge in [-0.15, -0.1) is 11.3 Å². The number of rotatable bonds is 5. The average molecular weight is 438 g/mol. The fraction of sp³-hybridized carbons (Fsp3) is 0.304. The zero-order chi connectivity index (χ0) is 21.1. The van der Waals surface area contributed by atoms with Crippen LogP contribution in [-0.2, 0) is 16.3 Å². The van der Waals surface area contributed by atoms with Crippen LogP contribution >= 0.6 is 11.3 Å². The quantitative estimate of drug-likeness (QED) is 0.593. The lowest BCUT2D eigenvalue weighted by atomic mass is 10.1. The van der Waals surface area contributed by atoms with Crippen molar-refractivity contribution in [2.45, 2.75) is 36.3 Å². The van der Waals surface area contributed by atoms with Crippen molar-refractivity contribution in [2.75, 3.05) is 18.0 Å². The van der Waals surface area contributed by atoms with Crippen molar-refractivity contribution in [3.63, 3.8) is 0 Å². The zero-order valence-corrected chi connectivity index (χ0v) is 18.4. The van der Waals surface area contributed by atoms with Crippen molar-refractivity contribution < 1.29 is 8.42 Å². The molecule has 0 bridgehead atoms. The summed E-state index contributed by atoms with van der Waals surface area (Å²) in [5, 5.41) is 11.8. The van der Waals surface area contributed by atoms with E-state index in [9.17, 15) is 13.7 Å². The van der Waals surface area contributed by atoms with Crippen LogP contribution in [0.2, 0.25) is 0 Å². The summed E-state index contributed by atoms with van der Waals surface area (Å²) in [5.41, 5.74) is 3.75. The molecule has 154 valence electrons. The van der Waals surface area contributed by atoms with E-state index >= 15 is 0 Å². The van der Waals surface area contributed by atoms with Gasteiger partial charge in [0.15, 0.2) is 15.0 Å². The maximum atomic E-state index is 13.1. The second-order valence-electron chi connectivity index (χ2n) is 7.63. The van der Waals surface area contributed by atoms with Gasteiger partial charge in [-0.3, -0.25) is 0 Å². The summed E-state index contributed by atoms with van der Waals surface area (Å²) >= 11 is 1.61. The van der Waals surface area contributed by atoms with Gasteiger partial charge in [-0.25, -0.2) is 13.4 Å². The van der Waals surface area contributed by atoms with Crippen molar-refractivity contribution in [1.29, 1.82) is 5.26 Å². The molecule has 0 aliphatic carbocycles. The molecule has 2 aromatic carbocycles. The van der Waals surface area contributed by atoms with Crippen molar-refractivity contribution >= 4 is 26.3 Å². The Morgan fingerprint density at radius 1 is 1.17 bits per heavy atom. The first-order valence-corrected chi connectivity index (χ1v) is 12.4. The summed E-state index contributed by atoms with van der Waals surface area (Å²) in [6, 6.07) is 16.9. The van der Waals surface area contributed by atoms with Crippen molar-refractivity contribution in [1.82, 2.24) is 4.98 Å². The number of benzene rings is 2. The second kappa shape index (κ2) is 8.58. The molecule has 5 nitrogen and oxygen atoms in total. The van der Waals surface area contributed by atoms with Gasteiger partial charge >= 0.3 is 0 Å². The minimum Gasteiger partial charge on any atom is -0.348 e. The Balaban J connectivity index is 1.43. The Labute approximate surface area is 181 Å². The molecule has 30 heavy (non-hydrogen) atoms. The third kappa shape index (κ3) is 4.25. The molecule has 0 unspecified atom stereocenters. The van der Waals surface area contributed by atoms with Gasteiger partial charge in [0.2, 0.25) is 0 Å². The van der Waals surface area contributed by atoms with Crippen molar-refractivity contribution in [3.8, 4) is 6.07 Å². The van der Waals surface area contributed by atoms with Crippen LogP contribution < -0.4 is 4.90 Å². The molecule has 1 aromatic heterocycles. The standard InChI is InChI=1S/C23H23N3O2S2/c1-17-5-4-6-18(13-17)14-20-16-29-23(25-20)26-11-9-21(10-12-26)30(27,28)22-8-3-2-7-19(22)15-24/h2-8,13,16,21H,9-12,14H2,1H3. The molecule has 1 aliphatic rings. The molecule has 1 aliphatic heterocycles. The van der Waals surface area contributed by atoms with Gasteiger partial charge in [-0.1, -0.05) is 42.0 Å². The summed E-state index contributed by atoms with van der Waals surface area (Å²) in [6.45, 7) is 3.38. The molecule has 2 heterocycles. The SMILES string of the molecule is Cc1cccc(Cc2csc(N3CCC(S(=O)(=O)c4ccccc4C#N)CC3)n2)c1. The molecule has 0 saturated carbocycles. The first-order valence-electron chi connectivity index (χ1n) is 9.95. The van der Waals surface area contributed by atoms with Gasteiger partial charge in [-0.05, 0) is 37.5 Å². The van der Waals surface area contributed by atoms with Gasteiger partial charge < -0.3 is 4.90 Å². The molecular formula is C23H23N3O2S2. The number of aryl methyl sites for hydroxylation is 1. The molecule has 1 saturated heterocycles. The van der Waals surface area contributed by atoms with E-state index < -0.39 is 15.1 Å². The summed E-state index contributed by atoms with van der Waals surface area (Å²) in [6.07, 6.45) is 1.87. The Morgan fingerprint density at radius 3 is 2.67 bits per heavy atom. The van der Waals surface area contributed by atoms with E-state index in [0.717, 1.165) is 17.2 Å². The highest BCUT2D eigenvalue weighted by atomic mass is 32.2. The predicted octanol–water partition coefficient (Wildman–Crippen LogP) is 4.36. The highest BCUT2D eigenvalue weighted by molar-refractivity contribution is 7.92. The van der Waals surface area contributed by atoms with Crippen LogP contribution in [0, 0.1) is 18.3 Å². The van der Waals surface area contributed by atoms with E-state index in [1.807, 2.05) is 6.07 Å². The Morgan fingerprint density at radius 2 is 1.93 bits per heavy atom. The van der Waals surface area contributed by atoms with Gasteiger partial charge in [0.1, 0.15) is 6.07 Å². The van der Waals surface area contributed by atoms with Crippen LogP contribution in [-0.4, -0.2) is 31.7 Å². The second-order valence-corrected chi connectivity index (χ2v) is 10.7. The predicted molar refractivity (Wildman–Crippen MR) is 120 cm³/mol. The molecule has 4 rings (SSSR count). The fourth-order valence-electron chi connectivity index (χ4n) is 3.90. The first kappa shape index (κ1) is 20.6. The number of hydrogen-bond donors (Lipinski definition) is 0. The number of aromatic nitrogens is 1. The van der Waals surface area contributed by atoms with E-state index in [0.29, 0.717) is 25.9 Å². The highest BCUT2D eigenvalue weighted by Crippen LogP contribution is 2.30. The average Bonchev–Trinajstić information content (AvgIpc) is 3.22. The number of nitrogens with zero attached hydrogens (tertiary/aromatic N) is 3. The van der Waals surface area contributed by atoms with E-state index in [1.54, 1.807) is 35.6 Å². The highest BCUT2D eigenvalue weighted by Gasteiger charge is 2.33. The summed E-state index contributed by atoms with van der Waals surface area (Å²) < 4.78 is 26.1. The Hall–Kier alpha value is -2.69. The van der Waals surface area contributed by atoms with E-state index in [2.05, 4.69) is 41.5 Å². The van der Waals surface area contributed by atoms with Crippen LogP contribution in [0.25, 0.3) is 0 Å². The molecule has 7 heteroatoms. The third-order valence-electron chi connectivity index (χ3n) is 5.47. The molecule has 0 radical (unpaired) electrons. The fourth-order valence-corrected chi connectivity index (χ4v) is 6.66. The topological polar surface area (TPSA) is 74.1 Å². The lowest BCUT2D eigenvalue weighted by molar-refractivity contribution is 0.529. The molecule has 0 amide bonds. The van der Waals surface area contributed by atoms with Crippen molar-refractivity contribution in [3.05, 3.63) is 76.3 Å². The molecule has 3 aromatic rings. The Bertz CT molecular complexity index is 1190. The van der Waals surface area contributed by atoms with E-state index in [4.69, 9.17) is 4.98 Å². The Kier molecular flexibility index (Phi) is 5.89. The van der Waals surface area contributed by atoms with Gasteiger partial charge in [0.05, 0.1) is 21.4 Å². The van der Waals surface area contributed by atoms with Crippen LogP contribution in [0.15, 0.2) is 58.8 Å². The number of sulfone groups is 1. The van der Waals surface area contributed by atoms with Crippen LogP contribution in [0.4, 0.5) is 5.13 Å². The number of anilines is 1. The van der Waals surface area contributed by atoms with Gasteiger partial charge in [0, 0.05) is 24.9 Å². The maximum Gasteiger partial charge on any atom is 0.185 e. The third-order valence-corrected chi connectivity index (χ3v) is 8.74. The largest absolute Gasteiger partial charge is 0.348 e. The minimum absolute atomic E-state index is 0.153. The summed E-state index contributed by atoms with van der Waals surface area (Å²) in [4.78, 5) is 7.11. The monoisotopic (exact) mass is 437 g/mol. The van der Waals surface area contributed by atoms with E-state index in [-0.39, 0.29) is 10.5 Å². The molecule has 0 atom stereocenters. The smallest absolute Gasteiger partial charge is 0.185 e. The summed E-state index contributed by atoms with van der Waals surface area (Å²) in [5.74, 6) is 0. The molecule has 0 N–H and O–H groups in total. The minimum atomic E-state index is -3.52. The van der Waals surface area contributed by atoms with E-state index in [1.165, 1.54) is 11.1 Å². The number of nitriles is 1. The number of piperidine rings is 1. The first-order chi connectivity index (χ1) is 14.5. The van der Waals surface area contributed by atoms with Crippen LogP contribution in [0.1, 0.15) is 35.2 Å². The zero-order valence-electron chi connectivity index (χ0n) is 16.8. The van der Waals surface area contributed by atoms with Crippen LogP contribution in [0.5, 0.6) is 0 Å². The van der Waals surface area contributed by atoms with Crippen LogP contribution in [0.3, 0.4) is 0 Å². The molecule has 0 spiro atoms. The number of hydrogen-bond acceptors (Lipinski definition) is 6. The van der Waals surface area contributed by atoms with Gasteiger partial charge in [0.25, 0.3) is 0 Å².